The molecule has 1 aliphatic rings. The molecule has 2 heterocycles. The average molecular weight is 386 g/mol. The molecule has 0 spiro atoms. The summed E-state index contributed by atoms with van der Waals surface area (Å²) >= 11 is 0. The van der Waals surface area contributed by atoms with Gasteiger partial charge in [0.15, 0.2) is 5.78 Å². The van der Waals surface area contributed by atoms with E-state index in [0.29, 0.717) is 13.2 Å². The quantitative estimate of drug-likeness (QED) is 0.553. The van der Waals surface area contributed by atoms with Crippen LogP contribution in [-0.2, 0) is 20.7 Å². The van der Waals surface area contributed by atoms with Gasteiger partial charge < -0.3 is 14.5 Å². The molecule has 0 bridgehead atoms. The van der Waals surface area contributed by atoms with Gasteiger partial charge in [-0.15, -0.1) is 0 Å². The summed E-state index contributed by atoms with van der Waals surface area (Å²) in [7, 11) is 0. The van der Waals surface area contributed by atoms with E-state index in [0.717, 1.165) is 22.4 Å². The second-order valence-electron chi connectivity index (χ2n) is 7.95. The first kappa shape index (κ1) is 20.2. The summed E-state index contributed by atoms with van der Waals surface area (Å²) < 4.78 is 10.5. The number of rotatable bonds is 8. The summed E-state index contributed by atoms with van der Waals surface area (Å²) in [6.45, 7) is 6.27. The van der Waals surface area contributed by atoms with E-state index >= 15 is 0 Å². The summed E-state index contributed by atoms with van der Waals surface area (Å²) in [5.74, 6) is -0.250. The summed E-state index contributed by atoms with van der Waals surface area (Å²) in [4.78, 5) is 27.2. The maximum atomic E-state index is 12.4. The van der Waals surface area contributed by atoms with Crippen LogP contribution in [0.3, 0.4) is 0 Å². The third-order valence-electron chi connectivity index (χ3n) is 5.26. The van der Waals surface area contributed by atoms with Gasteiger partial charge in [-0.05, 0) is 18.6 Å². The first-order valence-corrected chi connectivity index (χ1v) is 9.40. The lowest BCUT2D eigenvalue weighted by atomic mass is 9.77. The normalized spacial score (nSPS) is 16.2. The number of hydrogen-bond acceptors (Lipinski definition) is 5. The molecule has 1 atom stereocenters. The topological polar surface area (TPSA) is 94.5 Å². The number of benzene rings is 1. The molecule has 150 valence electrons. The number of nitrogens with one attached hydrogen (secondary N) is 1. The van der Waals surface area contributed by atoms with Crippen LogP contribution in [0.5, 0.6) is 0 Å². The van der Waals surface area contributed by atoms with E-state index < -0.39 is 17.7 Å². The number of Topliss-reactive ketones (excluding diaryl/α,β-unsaturated/α-hetero) is 1. The molecule has 3 rings (SSSR count). The number of nitro groups is 1. The SMILES string of the molecule is Cc1ccc(-c2cc[nH]c2CC([N+](=O)[O-])C(C)(C)CC(=O)C2OCCO2)cc1. The van der Waals surface area contributed by atoms with E-state index in [9.17, 15) is 14.9 Å². The predicted molar refractivity (Wildman–Crippen MR) is 105 cm³/mol. The van der Waals surface area contributed by atoms with E-state index in [1.807, 2.05) is 37.3 Å². The second-order valence-corrected chi connectivity index (χ2v) is 7.95. The number of aromatic amines is 1. The Morgan fingerprint density at radius 2 is 1.89 bits per heavy atom. The highest BCUT2D eigenvalue weighted by atomic mass is 16.7. The third-order valence-corrected chi connectivity index (χ3v) is 5.26. The molecule has 0 aliphatic carbocycles. The number of hydrogen-bond donors (Lipinski definition) is 1. The summed E-state index contributed by atoms with van der Waals surface area (Å²) in [5.41, 5.74) is 3.03. The maximum absolute atomic E-state index is 12.4. The highest BCUT2D eigenvalue weighted by Gasteiger charge is 2.43. The molecule has 7 nitrogen and oxygen atoms in total. The van der Waals surface area contributed by atoms with Crippen molar-refractivity contribution in [3.05, 3.63) is 57.9 Å². The van der Waals surface area contributed by atoms with Crippen molar-refractivity contribution in [2.45, 2.75) is 45.9 Å². The van der Waals surface area contributed by atoms with Gasteiger partial charge in [-0.25, -0.2) is 0 Å². The monoisotopic (exact) mass is 386 g/mol. The van der Waals surface area contributed by atoms with Crippen LogP contribution >= 0.6 is 0 Å². The molecule has 2 aromatic rings. The zero-order valence-electron chi connectivity index (χ0n) is 16.4. The van der Waals surface area contributed by atoms with Gasteiger partial charge in [0.2, 0.25) is 12.3 Å². The van der Waals surface area contributed by atoms with Crippen LogP contribution in [-0.4, -0.2) is 41.2 Å². The van der Waals surface area contributed by atoms with Crippen molar-refractivity contribution in [1.29, 1.82) is 0 Å². The Labute approximate surface area is 164 Å². The zero-order chi connectivity index (χ0) is 20.3. The van der Waals surface area contributed by atoms with E-state index in [2.05, 4.69) is 4.98 Å². The van der Waals surface area contributed by atoms with E-state index in [-0.39, 0.29) is 23.5 Å². The molecule has 1 N–H and O–H groups in total. The Balaban J connectivity index is 1.80. The van der Waals surface area contributed by atoms with Gasteiger partial charge in [-0.3, -0.25) is 14.9 Å². The predicted octanol–water partition coefficient (Wildman–Crippen LogP) is 3.54. The minimum Gasteiger partial charge on any atom is -0.364 e. The van der Waals surface area contributed by atoms with E-state index in [4.69, 9.17) is 9.47 Å². The standard InChI is InChI=1S/C21H26N2O5/c1-14-4-6-15(7-5-14)16-8-9-22-17(16)12-19(23(25)26)21(2,3)13-18(24)20-27-10-11-28-20/h4-9,19-20,22H,10-13H2,1-3H3. The minimum absolute atomic E-state index is 0.0177. The van der Waals surface area contributed by atoms with Gasteiger partial charge in [0.1, 0.15) is 0 Å². The summed E-state index contributed by atoms with van der Waals surface area (Å²) in [5, 5.41) is 11.9. The fourth-order valence-electron chi connectivity index (χ4n) is 3.60. The van der Waals surface area contributed by atoms with E-state index in [1.165, 1.54) is 0 Å². The van der Waals surface area contributed by atoms with Crippen molar-refractivity contribution >= 4 is 5.78 Å². The number of carbonyl (C=O) groups is 1. The highest BCUT2D eigenvalue weighted by molar-refractivity contribution is 5.82. The first-order valence-electron chi connectivity index (χ1n) is 9.40. The maximum Gasteiger partial charge on any atom is 0.224 e. The average Bonchev–Trinajstić information content (AvgIpc) is 3.31. The van der Waals surface area contributed by atoms with Crippen LogP contribution in [0.4, 0.5) is 0 Å². The van der Waals surface area contributed by atoms with Crippen LogP contribution in [0.1, 0.15) is 31.5 Å². The van der Waals surface area contributed by atoms with Crippen molar-refractivity contribution < 1.29 is 19.2 Å². The largest absolute Gasteiger partial charge is 0.364 e. The van der Waals surface area contributed by atoms with Gasteiger partial charge in [0, 0.05) is 34.2 Å². The smallest absolute Gasteiger partial charge is 0.224 e. The van der Waals surface area contributed by atoms with Crippen molar-refractivity contribution in [2.75, 3.05) is 13.2 Å². The lowest BCUT2D eigenvalue weighted by Gasteiger charge is -2.28. The number of ketones is 1. The molecule has 1 aromatic carbocycles. The van der Waals surface area contributed by atoms with Crippen LogP contribution in [0, 0.1) is 22.5 Å². The number of nitrogens with zero attached hydrogens (tertiary/aromatic N) is 1. The molecular weight excluding hydrogens is 360 g/mol. The molecule has 1 saturated heterocycles. The second kappa shape index (κ2) is 8.24. The first-order chi connectivity index (χ1) is 13.3. The number of ether oxygens (including phenoxy) is 2. The fraction of sp³-hybridized carbons (Fsp3) is 0.476. The molecule has 7 heteroatoms. The Morgan fingerprint density at radius 1 is 1.25 bits per heavy atom. The van der Waals surface area contributed by atoms with Gasteiger partial charge in [-0.1, -0.05) is 43.7 Å². The van der Waals surface area contributed by atoms with Crippen LogP contribution in [0.15, 0.2) is 36.5 Å². The van der Waals surface area contributed by atoms with Crippen LogP contribution < -0.4 is 0 Å². The molecule has 1 aromatic heterocycles. The number of aromatic nitrogens is 1. The van der Waals surface area contributed by atoms with Crippen LogP contribution in [0.2, 0.25) is 0 Å². The van der Waals surface area contributed by atoms with Crippen molar-refractivity contribution in [3.8, 4) is 11.1 Å². The lowest BCUT2D eigenvalue weighted by Crippen LogP contribution is -2.41. The summed E-state index contributed by atoms with van der Waals surface area (Å²) in [6, 6.07) is 9.04. The van der Waals surface area contributed by atoms with Gasteiger partial charge in [0.25, 0.3) is 0 Å². The van der Waals surface area contributed by atoms with Gasteiger partial charge in [0.05, 0.1) is 19.6 Å². The fourth-order valence-corrected chi connectivity index (χ4v) is 3.60. The zero-order valence-corrected chi connectivity index (χ0v) is 16.4. The molecule has 1 aliphatic heterocycles. The molecule has 1 fully saturated rings. The third kappa shape index (κ3) is 4.48. The Morgan fingerprint density at radius 3 is 2.50 bits per heavy atom. The van der Waals surface area contributed by atoms with Crippen molar-refractivity contribution in [2.24, 2.45) is 5.41 Å². The molecular formula is C21H26N2O5. The summed E-state index contributed by atoms with van der Waals surface area (Å²) in [6.07, 6.45) is 1.11. The highest BCUT2D eigenvalue weighted by Crippen LogP contribution is 2.33. The van der Waals surface area contributed by atoms with Crippen molar-refractivity contribution in [1.82, 2.24) is 4.98 Å². The Bertz CT molecular complexity index is 835. The molecule has 0 amide bonds. The van der Waals surface area contributed by atoms with Crippen LogP contribution in [0.25, 0.3) is 11.1 Å². The number of carbonyl (C=O) groups excluding carboxylic acids is 1. The van der Waals surface area contributed by atoms with Crippen molar-refractivity contribution in [3.63, 3.8) is 0 Å². The Kier molecular flexibility index (Phi) is 5.96. The van der Waals surface area contributed by atoms with E-state index in [1.54, 1.807) is 20.0 Å². The lowest BCUT2D eigenvalue weighted by molar-refractivity contribution is -0.540. The Hall–Kier alpha value is -2.51. The molecule has 1 unspecified atom stereocenters. The number of H-pyrrole nitrogens is 1. The van der Waals surface area contributed by atoms with Gasteiger partial charge in [-0.2, -0.15) is 0 Å². The minimum atomic E-state index is -0.930. The molecule has 28 heavy (non-hydrogen) atoms. The number of aryl methyl sites for hydroxylation is 1. The van der Waals surface area contributed by atoms with Gasteiger partial charge >= 0.3 is 0 Å². The molecule has 0 radical (unpaired) electrons. The molecule has 0 saturated carbocycles.